The normalized spacial score (nSPS) is 19.0. The smallest absolute Gasteiger partial charge is 0.305 e. The fourth-order valence-corrected chi connectivity index (χ4v) is 5.31. The van der Waals surface area contributed by atoms with Gasteiger partial charge in [-0.2, -0.15) is 5.10 Å². The summed E-state index contributed by atoms with van der Waals surface area (Å²) in [5, 5.41) is 17.3. The molecule has 198 valence electrons. The van der Waals surface area contributed by atoms with Gasteiger partial charge in [-0.1, -0.05) is 42.6 Å². The Morgan fingerprint density at radius 2 is 1.94 bits per heavy atom. The summed E-state index contributed by atoms with van der Waals surface area (Å²) < 4.78 is 29.3. The van der Waals surface area contributed by atoms with Gasteiger partial charge in [0.15, 0.2) is 5.69 Å². The highest BCUT2D eigenvalue weighted by molar-refractivity contribution is 6.33. The number of carboxylic acid groups (broad SMARTS) is 1. The minimum Gasteiger partial charge on any atom is -0.481 e. The lowest BCUT2D eigenvalue weighted by atomic mass is 10.1. The Morgan fingerprint density at radius 1 is 1.22 bits per heavy atom. The second-order valence-corrected chi connectivity index (χ2v) is 9.98. The van der Waals surface area contributed by atoms with Crippen LogP contribution in [0, 0.1) is 0 Å². The maximum Gasteiger partial charge on any atom is 0.305 e. The summed E-state index contributed by atoms with van der Waals surface area (Å²) in [6, 6.07) is 8.54. The molecule has 2 fully saturated rings. The Balaban J connectivity index is 0.00000361. The van der Waals surface area contributed by atoms with Crippen LogP contribution in [0.15, 0.2) is 30.3 Å². The van der Waals surface area contributed by atoms with Crippen molar-refractivity contribution in [2.24, 2.45) is 0 Å². The molecule has 1 atom stereocenters. The van der Waals surface area contributed by atoms with E-state index >= 15 is 0 Å². The van der Waals surface area contributed by atoms with Crippen LogP contribution >= 0.6 is 24.0 Å². The number of hydrogen-bond acceptors (Lipinski definition) is 4. The van der Waals surface area contributed by atoms with Crippen LogP contribution in [0.3, 0.4) is 0 Å². The van der Waals surface area contributed by atoms with Gasteiger partial charge >= 0.3 is 5.97 Å². The largest absolute Gasteiger partial charge is 0.481 e. The van der Waals surface area contributed by atoms with Crippen molar-refractivity contribution < 1.29 is 23.5 Å². The van der Waals surface area contributed by atoms with Crippen LogP contribution in [-0.2, 0) is 4.79 Å². The third-order valence-corrected chi connectivity index (χ3v) is 7.14. The summed E-state index contributed by atoms with van der Waals surface area (Å²) in [7, 11) is 0. The van der Waals surface area contributed by atoms with Crippen LogP contribution in [0.25, 0.3) is 11.3 Å². The van der Waals surface area contributed by atoms with Crippen molar-refractivity contribution in [1.29, 1.82) is 0 Å². The van der Waals surface area contributed by atoms with Gasteiger partial charge < -0.3 is 10.4 Å². The minimum absolute atomic E-state index is 0. The fourth-order valence-electron chi connectivity index (χ4n) is 5.07. The van der Waals surface area contributed by atoms with Crippen LogP contribution in [0.2, 0.25) is 5.02 Å². The van der Waals surface area contributed by atoms with E-state index in [9.17, 15) is 23.5 Å². The second kappa shape index (κ2) is 12.3. The topological polar surface area (TPSA) is 87.5 Å². The molecule has 1 aliphatic carbocycles. The number of likely N-dealkylation sites (tertiary alicyclic amines) is 1. The number of nitrogens with zero attached hydrogens (tertiary/aromatic N) is 3. The number of rotatable bonds is 9. The maximum absolute atomic E-state index is 13.7. The van der Waals surface area contributed by atoms with Crippen molar-refractivity contribution in [3.05, 3.63) is 41.0 Å². The van der Waals surface area contributed by atoms with Gasteiger partial charge in [-0.25, -0.2) is 8.78 Å². The molecule has 1 aromatic heterocycles. The van der Waals surface area contributed by atoms with Crippen molar-refractivity contribution >= 4 is 35.9 Å². The van der Waals surface area contributed by atoms with Gasteiger partial charge in [-0.15, -0.1) is 12.4 Å². The molecule has 4 rings (SSSR count). The molecule has 36 heavy (non-hydrogen) atoms. The van der Waals surface area contributed by atoms with Gasteiger partial charge in [0.05, 0.1) is 24.7 Å². The first-order valence-electron chi connectivity index (χ1n) is 12.2. The molecule has 1 aliphatic heterocycles. The number of piperidine rings is 1. The van der Waals surface area contributed by atoms with E-state index < -0.39 is 23.8 Å². The SMILES string of the molecule is Cl.O=C(O)C[C@H](CCN1CCCC(F)(F)C1)NC(=O)c1cc(-c2ccccc2Cl)n(C2CCCC2)n1. The predicted molar refractivity (Wildman–Crippen MR) is 136 cm³/mol. The summed E-state index contributed by atoms with van der Waals surface area (Å²) in [6.07, 6.45) is 4.33. The number of carbonyl (C=O) groups is 2. The molecule has 0 unspecified atom stereocenters. The van der Waals surface area contributed by atoms with Gasteiger partial charge in [0.2, 0.25) is 0 Å². The van der Waals surface area contributed by atoms with Crippen molar-refractivity contribution in [2.75, 3.05) is 19.6 Å². The number of aromatic nitrogens is 2. The second-order valence-electron chi connectivity index (χ2n) is 9.57. The van der Waals surface area contributed by atoms with Gasteiger partial charge in [0, 0.05) is 29.6 Å². The molecule has 1 aromatic carbocycles. The number of carboxylic acids is 1. The van der Waals surface area contributed by atoms with E-state index in [1.54, 1.807) is 17.0 Å². The predicted octanol–water partition coefficient (Wildman–Crippen LogP) is 5.43. The van der Waals surface area contributed by atoms with E-state index in [4.69, 9.17) is 11.6 Å². The molecule has 2 heterocycles. The Hall–Kier alpha value is -2.23. The summed E-state index contributed by atoms with van der Waals surface area (Å²) in [4.78, 5) is 26.2. The van der Waals surface area contributed by atoms with Gasteiger partial charge in [0.1, 0.15) is 0 Å². The first-order chi connectivity index (χ1) is 16.7. The minimum atomic E-state index is -2.73. The number of carbonyl (C=O) groups excluding carboxylic acids is 1. The quantitative estimate of drug-likeness (QED) is 0.439. The average Bonchev–Trinajstić information content (AvgIpc) is 3.47. The van der Waals surface area contributed by atoms with E-state index in [0.717, 1.165) is 36.9 Å². The van der Waals surface area contributed by atoms with E-state index in [-0.39, 0.29) is 56.5 Å². The number of hydrogen-bond donors (Lipinski definition) is 2. The molecule has 0 bridgehead atoms. The highest BCUT2D eigenvalue weighted by Gasteiger charge is 2.35. The average molecular weight is 545 g/mol. The molecule has 0 radical (unpaired) electrons. The van der Waals surface area contributed by atoms with E-state index in [1.807, 2.05) is 22.9 Å². The van der Waals surface area contributed by atoms with Crippen LogP contribution in [0.4, 0.5) is 8.78 Å². The third kappa shape index (κ3) is 7.17. The molecule has 1 saturated heterocycles. The Bertz CT molecular complexity index is 1060. The summed E-state index contributed by atoms with van der Waals surface area (Å²) in [5.41, 5.74) is 1.71. The van der Waals surface area contributed by atoms with Gasteiger partial charge in [-0.05, 0) is 44.4 Å². The molecule has 0 spiro atoms. The summed E-state index contributed by atoms with van der Waals surface area (Å²) in [6.45, 7) is 0.485. The number of aliphatic carboxylic acids is 1. The molecule has 7 nitrogen and oxygen atoms in total. The highest BCUT2D eigenvalue weighted by atomic mass is 35.5. The van der Waals surface area contributed by atoms with Crippen LogP contribution in [0.5, 0.6) is 0 Å². The first-order valence-corrected chi connectivity index (χ1v) is 12.6. The molecule has 2 aliphatic rings. The number of nitrogens with one attached hydrogen (secondary N) is 1. The van der Waals surface area contributed by atoms with Crippen molar-refractivity contribution in [3.63, 3.8) is 0 Å². The molecular weight excluding hydrogens is 513 g/mol. The van der Waals surface area contributed by atoms with Crippen molar-refractivity contribution in [3.8, 4) is 11.3 Å². The zero-order chi connectivity index (χ0) is 25.0. The lowest BCUT2D eigenvalue weighted by Gasteiger charge is -2.33. The standard InChI is InChI=1S/C25H31ClF2N4O3.ClH/c26-20-9-4-3-8-19(20)22-15-21(30-32(22)18-6-1-2-7-18)24(35)29-17(14-23(33)34)10-13-31-12-5-11-25(27,28)16-31;/h3-4,8-9,15,17-18H,1-2,5-7,10-14,16H2,(H,29,35)(H,33,34);1H/t17-;/m0./s1. The van der Waals surface area contributed by atoms with Gasteiger partial charge in [0.25, 0.3) is 11.8 Å². The zero-order valence-corrected chi connectivity index (χ0v) is 21.5. The summed E-state index contributed by atoms with van der Waals surface area (Å²) in [5.74, 6) is -4.27. The molecule has 1 saturated carbocycles. The van der Waals surface area contributed by atoms with Crippen LogP contribution in [0.1, 0.15) is 67.9 Å². The Morgan fingerprint density at radius 3 is 2.61 bits per heavy atom. The number of benzene rings is 1. The molecule has 2 N–H and O–H groups in total. The van der Waals surface area contributed by atoms with E-state index in [0.29, 0.717) is 18.0 Å². The fraction of sp³-hybridized carbons (Fsp3) is 0.560. The molecular formula is C25H32Cl2F2N4O3. The molecule has 2 aromatic rings. The van der Waals surface area contributed by atoms with Crippen LogP contribution < -0.4 is 5.32 Å². The highest BCUT2D eigenvalue weighted by Crippen LogP contribution is 2.36. The van der Waals surface area contributed by atoms with Crippen molar-refractivity contribution in [2.45, 2.75) is 69.4 Å². The number of halogens is 4. The molecule has 1 amide bonds. The lowest BCUT2D eigenvalue weighted by molar-refractivity contribution is -0.137. The Labute approximate surface area is 220 Å². The lowest BCUT2D eigenvalue weighted by Crippen LogP contribution is -2.45. The first kappa shape index (κ1) is 28.3. The third-order valence-electron chi connectivity index (χ3n) is 6.81. The number of alkyl halides is 2. The Kier molecular flexibility index (Phi) is 9.72. The van der Waals surface area contributed by atoms with E-state index in [2.05, 4.69) is 10.4 Å². The van der Waals surface area contributed by atoms with E-state index in [1.165, 1.54) is 0 Å². The monoisotopic (exact) mass is 544 g/mol. The van der Waals surface area contributed by atoms with Crippen LogP contribution in [-0.4, -0.2) is 63.3 Å². The summed E-state index contributed by atoms with van der Waals surface area (Å²) >= 11 is 6.44. The zero-order valence-electron chi connectivity index (χ0n) is 20.0. The number of amides is 1. The van der Waals surface area contributed by atoms with Gasteiger partial charge in [-0.3, -0.25) is 19.2 Å². The molecule has 11 heteroatoms. The maximum atomic E-state index is 13.7. The van der Waals surface area contributed by atoms with Crippen molar-refractivity contribution in [1.82, 2.24) is 20.0 Å².